The standard InChI is InChI=1S/C10H20ClNO/c1-10(2,3)8-12(4)9(13)6-5-7-11/h5-8H2,1-4H3. The summed E-state index contributed by atoms with van der Waals surface area (Å²) in [4.78, 5) is 13.2. The molecule has 0 N–H and O–H groups in total. The number of rotatable bonds is 4. The van der Waals surface area contributed by atoms with Gasteiger partial charge < -0.3 is 4.90 Å². The van der Waals surface area contributed by atoms with Gasteiger partial charge >= 0.3 is 0 Å². The van der Waals surface area contributed by atoms with Gasteiger partial charge in [-0.3, -0.25) is 4.79 Å². The third kappa shape index (κ3) is 6.88. The molecule has 0 unspecified atom stereocenters. The second-order valence-corrected chi connectivity index (χ2v) is 4.98. The molecule has 0 aromatic rings. The fourth-order valence-corrected chi connectivity index (χ4v) is 1.34. The molecule has 0 saturated carbocycles. The van der Waals surface area contributed by atoms with Gasteiger partial charge in [-0.15, -0.1) is 11.6 Å². The maximum Gasteiger partial charge on any atom is 0.222 e. The predicted octanol–water partition coefficient (Wildman–Crippen LogP) is 2.51. The van der Waals surface area contributed by atoms with Crippen molar-refractivity contribution in [1.82, 2.24) is 4.90 Å². The number of nitrogens with zero attached hydrogens (tertiary/aromatic N) is 1. The molecule has 3 heteroatoms. The van der Waals surface area contributed by atoms with Crippen LogP contribution in [0.1, 0.15) is 33.6 Å². The van der Waals surface area contributed by atoms with Gasteiger partial charge in [0.1, 0.15) is 0 Å². The number of carbonyl (C=O) groups is 1. The average molecular weight is 206 g/mol. The summed E-state index contributed by atoms with van der Waals surface area (Å²) in [5.41, 5.74) is 0.172. The van der Waals surface area contributed by atoms with Crippen LogP contribution in [0, 0.1) is 5.41 Å². The average Bonchev–Trinajstić information content (AvgIpc) is 1.96. The maximum atomic E-state index is 11.4. The fourth-order valence-electron chi connectivity index (χ4n) is 1.21. The van der Waals surface area contributed by atoms with Crippen LogP contribution in [0.3, 0.4) is 0 Å². The zero-order valence-corrected chi connectivity index (χ0v) is 9.82. The van der Waals surface area contributed by atoms with Crippen molar-refractivity contribution >= 4 is 17.5 Å². The van der Waals surface area contributed by atoms with Crippen LogP contribution in [0.25, 0.3) is 0 Å². The highest BCUT2D eigenvalue weighted by atomic mass is 35.5. The minimum atomic E-state index is 0.172. The summed E-state index contributed by atoms with van der Waals surface area (Å²) in [7, 11) is 1.85. The van der Waals surface area contributed by atoms with Gasteiger partial charge in [0, 0.05) is 25.9 Å². The normalized spacial score (nSPS) is 11.5. The molecule has 1 amide bonds. The lowest BCUT2D eigenvalue weighted by Crippen LogP contribution is -2.34. The van der Waals surface area contributed by atoms with E-state index in [9.17, 15) is 4.79 Å². The van der Waals surface area contributed by atoms with Crippen molar-refractivity contribution in [3.8, 4) is 0 Å². The lowest BCUT2D eigenvalue weighted by Gasteiger charge is -2.26. The van der Waals surface area contributed by atoms with Crippen molar-refractivity contribution in [3.05, 3.63) is 0 Å². The van der Waals surface area contributed by atoms with E-state index in [1.807, 2.05) is 7.05 Å². The molecule has 0 atom stereocenters. The molecule has 0 rings (SSSR count). The van der Waals surface area contributed by atoms with Crippen molar-refractivity contribution in [2.24, 2.45) is 5.41 Å². The molecule has 0 aliphatic heterocycles. The SMILES string of the molecule is CN(CC(C)(C)C)C(=O)CCCCl. The summed E-state index contributed by atoms with van der Waals surface area (Å²) in [5.74, 6) is 0.755. The van der Waals surface area contributed by atoms with Crippen molar-refractivity contribution in [2.45, 2.75) is 33.6 Å². The molecule has 0 aromatic heterocycles. The lowest BCUT2D eigenvalue weighted by atomic mass is 9.96. The van der Waals surface area contributed by atoms with E-state index in [1.54, 1.807) is 4.90 Å². The van der Waals surface area contributed by atoms with Crippen molar-refractivity contribution in [2.75, 3.05) is 19.5 Å². The third-order valence-electron chi connectivity index (χ3n) is 1.66. The van der Waals surface area contributed by atoms with E-state index in [0.29, 0.717) is 12.3 Å². The topological polar surface area (TPSA) is 20.3 Å². The molecule has 0 bridgehead atoms. The van der Waals surface area contributed by atoms with E-state index in [2.05, 4.69) is 20.8 Å². The number of halogens is 1. The van der Waals surface area contributed by atoms with Crippen molar-refractivity contribution < 1.29 is 4.79 Å². The Hall–Kier alpha value is -0.240. The smallest absolute Gasteiger partial charge is 0.222 e. The summed E-state index contributed by atoms with van der Waals surface area (Å²) < 4.78 is 0. The molecule has 0 heterocycles. The van der Waals surface area contributed by atoms with E-state index in [0.717, 1.165) is 13.0 Å². The van der Waals surface area contributed by atoms with Gasteiger partial charge in [-0.25, -0.2) is 0 Å². The quantitative estimate of drug-likeness (QED) is 0.646. The summed E-state index contributed by atoms with van der Waals surface area (Å²) in [6.07, 6.45) is 1.34. The summed E-state index contributed by atoms with van der Waals surface area (Å²) in [6, 6.07) is 0. The van der Waals surface area contributed by atoms with Crippen LogP contribution < -0.4 is 0 Å². The first-order chi connectivity index (χ1) is 5.87. The molecule has 0 fully saturated rings. The van der Waals surface area contributed by atoms with Crippen LogP contribution in [-0.4, -0.2) is 30.3 Å². The van der Waals surface area contributed by atoms with Crippen LogP contribution in [0.2, 0.25) is 0 Å². The molecule has 2 nitrogen and oxygen atoms in total. The number of alkyl halides is 1. The predicted molar refractivity (Wildman–Crippen MR) is 57.0 cm³/mol. The van der Waals surface area contributed by atoms with E-state index in [-0.39, 0.29) is 11.3 Å². The highest BCUT2D eigenvalue weighted by Gasteiger charge is 2.16. The Labute approximate surface area is 86.2 Å². The van der Waals surface area contributed by atoms with Gasteiger partial charge in [0.05, 0.1) is 0 Å². The third-order valence-corrected chi connectivity index (χ3v) is 1.93. The molecule has 0 aliphatic carbocycles. The zero-order valence-electron chi connectivity index (χ0n) is 9.06. The first kappa shape index (κ1) is 12.8. The van der Waals surface area contributed by atoms with Crippen LogP contribution in [-0.2, 0) is 4.79 Å². The molecule has 0 spiro atoms. The first-order valence-corrected chi connectivity index (χ1v) is 5.20. The Bertz CT molecular complexity index is 163. The van der Waals surface area contributed by atoms with E-state index < -0.39 is 0 Å². The van der Waals surface area contributed by atoms with Gasteiger partial charge in [0.15, 0.2) is 0 Å². The molecular weight excluding hydrogens is 186 g/mol. The zero-order chi connectivity index (χ0) is 10.5. The molecule has 78 valence electrons. The Morgan fingerprint density at radius 1 is 1.38 bits per heavy atom. The van der Waals surface area contributed by atoms with Gasteiger partial charge in [0.2, 0.25) is 5.91 Å². The number of hydrogen-bond acceptors (Lipinski definition) is 1. The minimum absolute atomic E-state index is 0.172. The molecule has 0 saturated heterocycles. The largest absolute Gasteiger partial charge is 0.345 e. The van der Waals surface area contributed by atoms with Gasteiger partial charge in [-0.05, 0) is 11.8 Å². The monoisotopic (exact) mass is 205 g/mol. The Balaban J connectivity index is 3.83. The number of carbonyl (C=O) groups excluding carboxylic acids is 1. The van der Waals surface area contributed by atoms with Gasteiger partial charge in [-0.2, -0.15) is 0 Å². The molecule has 0 aromatic carbocycles. The van der Waals surface area contributed by atoms with Gasteiger partial charge in [-0.1, -0.05) is 20.8 Å². The summed E-state index contributed by atoms with van der Waals surface area (Å²) in [5, 5.41) is 0. The van der Waals surface area contributed by atoms with E-state index >= 15 is 0 Å². The van der Waals surface area contributed by atoms with Crippen LogP contribution in [0.15, 0.2) is 0 Å². The fraction of sp³-hybridized carbons (Fsp3) is 0.900. The van der Waals surface area contributed by atoms with E-state index in [4.69, 9.17) is 11.6 Å². The Kier molecular flexibility index (Phi) is 5.38. The van der Waals surface area contributed by atoms with Crippen LogP contribution in [0.5, 0.6) is 0 Å². The highest BCUT2D eigenvalue weighted by molar-refractivity contribution is 6.17. The second kappa shape index (κ2) is 5.48. The van der Waals surface area contributed by atoms with Crippen LogP contribution in [0.4, 0.5) is 0 Å². The number of hydrogen-bond donors (Lipinski definition) is 0. The highest BCUT2D eigenvalue weighted by Crippen LogP contribution is 2.14. The van der Waals surface area contributed by atoms with Crippen molar-refractivity contribution in [3.63, 3.8) is 0 Å². The first-order valence-electron chi connectivity index (χ1n) is 4.67. The molecule has 0 aliphatic rings. The summed E-state index contributed by atoms with van der Waals surface area (Å²) >= 11 is 5.51. The molecule has 0 radical (unpaired) electrons. The maximum absolute atomic E-state index is 11.4. The minimum Gasteiger partial charge on any atom is -0.345 e. The van der Waals surface area contributed by atoms with Crippen molar-refractivity contribution in [1.29, 1.82) is 0 Å². The lowest BCUT2D eigenvalue weighted by molar-refractivity contribution is -0.131. The number of amides is 1. The van der Waals surface area contributed by atoms with Crippen LogP contribution >= 0.6 is 11.6 Å². The molecular formula is C10H20ClNO. The Morgan fingerprint density at radius 2 is 1.92 bits per heavy atom. The second-order valence-electron chi connectivity index (χ2n) is 4.60. The van der Waals surface area contributed by atoms with E-state index in [1.165, 1.54) is 0 Å². The molecule has 13 heavy (non-hydrogen) atoms. The van der Waals surface area contributed by atoms with Gasteiger partial charge in [0.25, 0.3) is 0 Å². The summed E-state index contributed by atoms with van der Waals surface area (Å²) in [6.45, 7) is 7.17. The Morgan fingerprint density at radius 3 is 2.31 bits per heavy atom.